The number of hydrogen-bond acceptors (Lipinski definition) is 8. The highest BCUT2D eigenvalue weighted by Crippen LogP contribution is 2.37. The fraction of sp³-hybridized carbons (Fsp3) is 0.577. The molecule has 0 radical (unpaired) electrons. The third-order valence-electron chi connectivity index (χ3n) is 6.94. The molecule has 5 rings (SSSR count). The first-order chi connectivity index (χ1) is 17.7. The highest BCUT2D eigenvalue weighted by Gasteiger charge is 2.38. The van der Waals surface area contributed by atoms with Gasteiger partial charge in [-0.3, -0.25) is 0 Å². The molecule has 37 heavy (non-hydrogen) atoms. The summed E-state index contributed by atoms with van der Waals surface area (Å²) in [5.41, 5.74) is 1.51. The second kappa shape index (κ2) is 10.7. The van der Waals surface area contributed by atoms with Gasteiger partial charge in [-0.25, -0.2) is 9.78 Å². The smallest absolute Gasteiger partial charge is 0.407 e. The van der Waals surface area contributed by atoms with Gasteiger partial charge in [-0.1, -0.05) is 11.6 Å². The molecular weight excluding hydrogens is 512 g/mol. The van der Waals surface area contributed by atoms with E-state index in [1.807, 2.05) is 32.9 Å². The first-order valence-electron chi connectivity index (χ1n) is 13.0. The van der Waals surface area contributed by atoms with Crippen LogP contribution in [-0.4, -0.2) is 77.3 Å². The Bertz CT molecular complexity index is 1120. The summed E-state index contributed by atoms with van der Waals surface area (Å²) in [6, 6.07) is 8.01. The minimum absolute atomic E-state index is 0.0683. The second-order valence-electron chi connectivity index (χ2n) is 10.7. The van der Waals surface area contributed by atoms with Crippen LogP contribution in [0, 0.1) is 0 Å². The summed E-state index contributed by atoms with van der Waals surface area (Å²) in [7, 11) is 0. The predicted molar refractivity (Wildman–Crippen MR) is 147 cm³/mol. The third-order valence-corrected chi connectivity index (χ3v) is 8.64. The molecule has 1 aromatic carbocycles. The van der Waals surface area contributed by atoms with Crippen LogP contribution in [0.2, 0.25) is 5.02 Å². The number of halogens is 1. The van der Waals surface area contributed by atoms with Crippen LogP contribution in [0.4, 0.5) is 22.2 Å². The van der Waals surface area contributed by atoms with E-state index in [1.54, 1.807) is 0 Å². The highest BCUT2D eigenvalue weighted by molar-refractivity contribution is 7.91. The third kappa shape index (κ3) is 6.02. The largest absolute Gasteiger partial charge is 0.611 e. The van der Waals surface area contributed by atoms with Gasteiger partial charge in [0.05, 0.1) is 0 Å². The molecule has 1 N–H and O–H groups in total. The lowest BCUT2D eigenvalue weighted by atomic mass is 10.2. The van der Waals surface area contributed by atoms with Crippen molar-refractivity contribution >= 4 is 46.3 Å². The van der Waals surface area contributed by atoms with Crippen molar-refractivity contribution in [2.75, 3.05) is 59.7 Å². The maximum absolute atomic E-state index is 13.0. The van der Waals surface area contributed by atoms with Gasteiger partial charge in [0.25, 0.3) is 0 Å². The zero-order chi connectivity index (χ0) is 26.2. The van der Waals surface area contributed by atoms with E-state index in [4.69, 9.17) is 26.3 Å². The van der Waals surface area contributed by atoms with Crippen molar-refractivity contribution in [2.45, 2.75) is 56.6 Å². The monoisotopic (exact) mass is 546 g/mol. The molecule has 0 aliphatic carbocycles. The molecule has 3 aliphatic rings. The number of anilines is 3. The quantitative estimate of drug-likeness (QED) is 0.568. The summed E-state index contributed by atoms with van der Waals surface area (Å²) >= 11 is 4.95. The number of benzene rings is 1. The molecule has 2 atom stereocenters. The molecule has 1 amide bonds. The molecule has 0 bridgehead atoms. The van der Waals surface area contributed by atoms with Gasteiger partial charge in [-0.15, -0.1) is 0 Å². The van der Waals surface area contributed by atoms with Gasteiger partial charge >= 0.3 is 6.09 Å². The van der Waals surface area contributed by atoms with Crippen LogP contribution in [0.25, 0.3) is 0 Å². The maximum atomic E-state index is 13.0. The fourth-order valence-electron chi connectivity index (χ4n) is 5.16. The van der Waals surface area contributed by atoms with Gasteiger partial charge in [0.1, 0.15) is 17.0 Å². The van der Waals surface area contributed by atoms with Crippen LogP contribution >= 0.6 is 11.6 Å². The van der Waals surface area contributed by atoms with E-state index in [0.29, 0.717) is 24.7 Å². The van der Waals surface area contributed by atoms with Gasteiger partial charge in [-0.05, 0) is 69.1 Å². The summed E-state index contributed by atoms with van der Waals surface area (Å²) in [5, 5.41) is 3.65. The van der Waals surface area contributed by atoms with Crippen LogP contribution in [0.3, 0.4) is 0 Å². The lowest BCUT2D eigenvalue weighted by Crippen LogP contribution is -2.47. The number of carbonyl (C=O) groups is 1. The standard InChI is InChI=1S/C26H35ClN6O3S/c1-26(2,3)36-25(34)28-17-20-5-4-11-33(20)23-22-21(10-16-37(22)35)29-24(30-23)32-14-12-31(13-15-32)19-8-6-18(27)7-9-19/h6-9,20H,4-5,10-17H2,1-3H3,(H,28,34)/t20-,37?/m1/s1. The Morgan fingerprint density at radius 2 is 1.84 bits per heavy atom. The van der Waals surface area contributed by atoms with E-state index in [1.165, 1.54) is 0 Å². The molecule has 2 saturated heterocycles. The highest BCUT2D eigenvalue weighted by atomic mass is 35.5. The number of carbonyl (C=O) groups excluding carboxylic acids is 1. The first-order valence-corrected chi connectivity index (χ1v) is 14.7. The molecule has 1 aromatic heterocycles. The molecule has 9 nitrogen and oxygen atoms in total. The summed E-state index contributed by atoms with van der Waals surface area (Å²) in [5.74, 6) is 2.05. The summed E-state index contributed by atoms with van der Waals surface area (Å²) in [4.78, 5) is 29.7. The number of amides is 1. The number of aryl methyl sites for hydroxylation is 1. The molecule has 0 spiro atoms. The van der Waals surface area contributed by atoms with Crippen molar-refractivity contribution in [3.05, 3.63) is 35.0 Å². The molecule has 2 aromatic rings. The number of nitrogens with zero attached hydrogens (tertiary/aromatic N) is 5. The zero-order valence-electron chi connectivity index (χ0n) is 21.7. The lowest BCUT2D eigenvalue weighted by Gasteiger charge is -2.36. The second-order valence-corrected chi connectivity index (χ2v) is 12.7. The summed E-state index contributed by atoms with van der Waals surface area (Å²) < 4.78 is 18.4. The number of aromatic nitrogens is 2. The number of ether oxygens (including phenoxy) is 1. The number of rotatable bonds is 5. The maximum Gasteiger partial charge on any atom is 0.407 e. The Hall–Kier alpha value is -2.43. The predicted octanol–water partition coefficient (Wildman–Crippen LogP) is 3.61. The Labute approximate surface area is 226 Å². The van der Waals surface area contributed by atoms with Crippen molar-refractivity contribution in [1.82, 2.24) is 15.3 Å². The number of piperazine rings is 1. The summed E-state index contributed by atoms with van der Waals surface area (Å²) in [6.45, 7) is 10.1. The molecule has 3 aliphatic heterocycles. The van der Waals surface area contributed by atoms with Gasteiger partial charge in [0.2, 0.25) is 10.8 Å². The molecule has 1 unspecified atom stereocenters. The molecule has 4 heterocycles. The minimum atomic E-state index is -1.11. The number of fused-ring (bicyclic) bond motifs is 1. The molecule has 0 saturated carbocycles. The van der Waals surface area contributed by atoms with Gasteiger partial charge in [0.15, 0.2) is 5.82 Å². The van der Waals surface area contributed by atoms with E-state index in [0.717, 1.165) is 72.7 Å². The van der Waals surface area contributed by atoms with Crippen molar-refractivity contribution in [3.63, 3.8) is 0 Å². The van der Waals surface area contributed by atoms with Gasteiger partial charge in [0, 0.05) is 62.4 Å². The van der Waals surface area contributed by atoms with Crippen molar-refractivity contribution < 1.29 is 14.1 Å². The van der Waals surface area contributed by atoms with Crippen molar-refractivity contribution in [3.8, 4) is 0 Å². The lowest BCUT2D eigenvalue weighted by molar-refractivity contribution is 0.0524. The Morgan fingerprint density at radius 1 is 1.14 bits per heavy atom. The van der Waals surface area contributed by atoms with Crippen LogP contribution in [0.5, 0.6) is 0 Å². The van der Waals surface area contributed by atoms with Crippen molar-refractivity contribution in [1.29, 1.82) is 0 Å². The normalized spacial score (nSPS) is 21.8. The topological polar surface area (TPSA) is 96.9 Å². The SMILES string of the molecule is CC(C)(C)OC(=O)NC[C@H]1CCCN1c1nc(N2CCN(c3ccc(Cl)cc3)CC2)nc2c1[S+]([O-])CC2. The number of hydrogen-bond donors (Lipinski definition) is 1. The van der Waals surface area contributed by atoms with Crippen LogP contribution in [0.15, 0.2) is 29.2 Å². The van der Waals surface area contributed by atoms with Gasteiger partial charge in [-0.2, -0.15) is 4.98 Å². The molecule has 200 valence electrons. The van der Waals surface area contributed by atoms with Crippen LogP contribution in [0.1, 0.15) is 39.3 Å². The Kier molecular flexibility index (Phi) is 7.60. The van der Waals surface area contributed by atoms with E-state index >= 15 is 0 Å². The van der Waals surface area contributed by atoms with E-state index in [9.17, 15) is 9.35 Å². The summed E-state index contributed by atoms with van der Waals surface area (Å²) in [6.07, 6.45) is 2.19. The van der Waals surface area contributed by atoms with Gasteiger partial charge < -0.3 is 29.3 Å². The fourth-order valence-corrected chi connectivity index (χ4v) is 6.65. The van der Waals surface area contributed by atoms with E-state index in [-0.39, 0.29) is 6.04 Å². The average Bonchev–Trinajstić information content (AvgIpc) is 3.48. The Morgan fingerprint density at radius 3 is 2.54 bits per heavy atom. The van der Waals surface area contributed by atoms with Crippen molar-refractivity contribution in [2.24, 2.45) is 0 Å². The average molecular weight is 547 g/mol. The Balaban J connectivity index is 1.32. The zero-order valence-corrected chi connectivity index (χ0v) is 23.3. The van der Waals surface area contributed by atoms with Crippen LogP contribution in [-0.2, 0) is 22.3 Å². The molecule has 11 heteroatoms. The molecular formula is C26H35ClN6O3S. The van der Waals surface area contributed by atoms with E-state index < -0.39 is 22.9 Å². The number of alkyl carbamates (subject to hydrolysis) is 1. The van der Waals surface area contributed by atoms with Crippen LogP contribution < -0.4 is 20.0 Å². The molecule has 2 fully saturated rings. The van der Waals surface area contributed by atoms with E-state index in [2.05, 4.69) is 32.1 Å². The number of nitrogens with one attached hydrogen (secondary N) is 1. The minimum Gasteiger partial charge on any atom is -0.611 e. The first kappa shape index (κ1) is 26.2.